The van der Waals surface area contributed by atoms with E-state index in [1.165, 1.54) is 12.8 Å². The zero-order chi connectivity index (χ0) is 13.0. The van der Waals surface area contributed by atoms with Crippen LogP contribution in [0.1, 0.15) is 30.6 Å². The van der Waals surface area contributed by atoms with Gasteiger partial charge in [0.2, 0.25) is 5.91 Å². The van der Waals surface area contributed by atoms with Gasteiger partial charge in [-0.2, -0.15) is 0 Å². The Morgan fingerprint density at radius 2 is 2.22 bits per heavy atom. The van der Waals surface area contributed by atoms with Crippen LogP contribution >= 0.6 is 23.6 Å². The van der Waals surface area contributed by atoms with Gasteiger partial charge in [0.1, 0.15) is 0 Å². The normalized spacial score (nSPS) is 15.8. The summed E-state index contributed by atoms with van der Waals surface area (Å²) in [5, 5.41) is 2.00. The summed E-state index contributed by atoms with van der Waals surface area (Å²) in [5.74, 6) is 0.150. The van der Waals surface area contributed by atoms with E-state index in [0.29, 0.717) is 24.0 Å². The van der Waals surface area contributed by atoms with Crippen LogP contribution in [0.15, 0.2) is 17.5 Å². The summed E-state index contributed by atoms with van der Waals surface area (Å²) in [4.78, 5) is 15.7. The number of thiocarbonyl (C=S) groups is 1. The van der Waals surface area contributed by atoms with Crippen LogP contribution in [-0.2, 0) is 11.2 Å². The highest BCUT2D eigenvalue weighted by molar-refractivity contribution is 7.80. The number of rotatable bonds is 5. The molecule has 0 aliphatic heterocycles. The molecule has 0 bridgehead atoms. The molecule has 0 unspecified atom stereocenters. The number of carbonyl (C=O) groups excluding carboxylic acids is 1. The Labute approximate surface area is 117 Å². The molecular formula is C13H18N2OS2. The molecule has 2 rings (SSSR count). The zero-order valence-corrected chi connectivity index (χ0v) is 11.9. The molecule has 0 atom stereocenters. The summed E-state index contributed by atoms with van der Waals surface area (Å²) in [6.45, 7) is 0.421. The lowest BCUT2D eigenvalue weighted by atomic mass is 10.2. The number of carbonyl (C=O) groups is 1. The van der Waals surface area contributed by atoms with Gasteiger partial charge < -0.3 is 10.6 Å². The Morgan fingerprint density at radius 3 is 2.78 bits per heavy atom. The third-order valence-corrected chi connectivity index (χ3v) is 4.32. The number of nitrogens with zero attached hydrogens (tertiary/aromatic N) is 1. The molecule has 0 aromatic carbocycles. The lowest BCUT2D eigenvalue weighted by Gasteiger charge is -2.28. The summed E-state index contributed by atoms with van der Waals surface area (Å²) in [7, 11) is 0. The number of thiophene rings is 1. The van der Waals surface area contributed by atoms with Crippen molar-refractivity contribution in [2.45, 2.75) is 38.1 Å². The molecule has 18 heavy (non-hydrogen) atoms. The number of hydrogen-bond donors (Lipinski definition) is 1. The Hall–Kier alpha value is -0.940. The van der Waals surface area contributed by atoms with E-state index in [1.54, 1.807) is 11.3 Å². The van der Waals surface area contributed by atoms with Crippen LogP contribution in [-0.4, -0.2) is 28.4 Å². The Morgan fingerprint density at radius 1 is 1.50 bits per heavy atom. The second-order valence-electron chi connectivity index (χ2n) is 4.68. The molecule has 2 N–H and O–H groups in total. The summed E-state index contributed by atoms with van der Waals surface area (Å²) in [6, 6.07) is 4.30. The van der Waals surface area contributed by atoms with E-state index >= 15 is 0 Å². The maximum Gasteiger partial charge on any atom is 0.228 e. The van der Waals surface area contributed by atoms with E-state index in [9.17, 15) is 4.79 Å². The Balaban J connectivity index is 2.02. The minimum atomic E-state index is 0.150. The first-order chi connectivity index (χ1) is 8.66. The maximum atomic E-state index is 12.4. The minimum absolute atomic E-state index is 0.150. The van der Waals surface area contributed by atoms with Crippen molar-refractivity contribution in [3.8, 4) is 0 Å². The van der Waals surface area contributed by atoms with Gasteiger partial charge in [-0.1, -0.05) is 31.1 Å². The summed E-state index contributed by atoms with van der Waals surface area (Å²) in [5.41, 5.74) is 5.61. The van der Waals surface area contributed by atoms with Gasteiger partial charge in [-0.25, -0.2) is 0 Å². The number of hydrogen-bond acceptors (Lipinski definition) is 3. The van der Waals surface area contributed by atoms with E-state index in [1.807, 2.05) is 22.4 Å². The smallest absolute Gasteiger partial charge is 0.228 e. The summed E-state index contributed by atoms with van der Waals surface area (Å²) in [6.07, 6.45) is 5.03. The molecule has 1 fully saturated rings. The van der Waals surface area contributed by atoms with Crippen molar-refractivity contribution in [2.75, 3.05) is 6.54 Å². The molecule has 1 aromatic heterocycles. The number of amides is 1. The average molecular weight is 282 g/mol. The van der Waals surface area contributed by atoms with E-state index < -0.39 is 0 Å². The van der Waals surface area contributed by atoms with Crippen LogP contribution < -0.4 is 5.73 Å². The third-order valence-electron chi connectivity index (χ3n) is 3.32. The van der Waals surface area contributed by atoms with Crippen molar-refractivity contribution in [1.29, 1.82) is 0 Å². The molecule has 0 spiro atoms. The predicted octanol–water partition coefficient (Wildman–Crippen LogP) is 2.35. The fourth-order valence-corrected chi connectivity index (χ4v) is 3.30. The van der Waals surface area contributed by atoms with Crippen LogP contribution in [0.3, 0.4) is 0 Å². The summed E-state index contributed by atoms with van der Waals surface area (Å²) >= 11 is 6.58. The van der Waals surface area contributed by atoms with Crippen molar-refractivity contribution >= 4 is 34.5 Å². The lowest BCUT2D eigenvalue weighted by Crippen LogP contribution is -2.44. The first-order valence-corrected chi connectivity index (χ1v) is 7.56. The highest BCUT2D eigenvalue weighted by Crippen LogP contribution is 2.24. The van der Waals surface area contributed by atoms with Crippen LogP contribution in [0, 0.1) is 0 Å². The SMILES string of the molecule is NC(=S)CN(C(=O)Cc1cccs1)C1CCCC1. The Bertz CT molecular complexity index is 411. The quantitative estimate of drug-likeness (QED) is 0.843. The van der Waals surface area contributed by atoms with Crippen molar-refractivity contribution in [2.24, 2.45) is 5.73 Å². The van der Waals surface area contributed by atoms with Gasteiger partial charge in [0.25, 0.3) is 0 Å². The van der Waals surface area contributed by atoms with Gasteiger partial charge in [0.15, 0.2) is 0 Å². The monoisotopic (exact) mass is 282 g/mol. The van der Waals surface area contributed by atoms with Gasteiger partial charge in [-0.15, -0.1) is 11.3 Å². The van der Waals surface area contributed by atoms with Gasteiger partial charge in [-0.3, -0.25) is 4.79 Å². The fraction of sp³-hybridized carbons (Fsp3) is 0.538. The van der Waals surface area contributed by atoms with E-state index in [0.717, 1.165) is 17.7 Å². The highest BCUT2D eigenvalue weighted by atomic mass is 32.1. The lowest BCUT2D eigenvalue weighted by molar-refractivity contribution is -0.131. The highest BCUT2D eigenvalue weighted by Gasteiger charge is 2.27. The van der Waals surface area contributed by atoms with Crippen LogP contribution in [0.25, 0.3) is 0 Å². The average Bonchev–Trinajstić information content (AvgIpc) is 2.97. The topological polar surface area (TPSA) is 46.3 Å². The molecule has 1 saturated carbocycles. The molecular weight excluding hydrogens is 264 g/mol. The Kier molecular flexibility index (Phi) is 4.72. The largest absolute Gasteiger partial charge is 0.392 e. The molecule has 1 aliphatic rings. The van der Waals surface area contributed by atoms with Crippen LogP contribution in [0.4, 0.5) is 0 Å². The van der Waals surface area contributed by atoms with E-state index in [-0.39, 0.29) is 5.91 Å². The zero-order valence-electron chi connectivity index (χ0n) is 10.3. The molecule has 0 radical (unpaired) electrons. The van der Waals surface area contributed by atoms with Crippen molar-refractivity contribution in [1.82, 2.24) is 4.90 Å². The minimum Gasteiger partial charge on any atom is -0.392 e. The van der Waals surface area contributed by atoms with Crippen LogP contribution in [0.5, 0.6) is 0 Å². The maximum absolute atomic E-state index is 12.4. The predicted molar refractivity (Wildman–Crippen MR) is 78.8 cm³/mol. The number of nitrogens with two attached hydrogens (primary N) is 1. The van der Waals surface area contributed by atoms with Gasteiger partial charge >= 0.3 is 0 Å². The molecule has 98 valence electrons. The van der Waals surface area contributed by atoms with Crippen molar-refractivity contribution in [3.05, 3.63) is 22.4 Å². The van der Waals surface area contributed by atoms with E-state index in [2.05, 4.69) is 0 Å². The first-order valence-electron chi connectivity index (χ1n) is 6.27. The summed E-state index contributed by atoms with van der Waals surface area (Å²) < 4.78 is 0. The molecule has 0 saturated heterocycles. The van der Waals surface area contributed by atoms with E-state index in [4.69, 9.17) is 18.0 Å². The second-order valence-corrected chi connectivity index (χ2v) is 6.24. The van der Waals surface area contributed by atoms with Gasteiger partial charge in [0, 0.05) is 10.9 Å². The standard InChI is InChI=1S/C13H18N2OS2/c14-12(17)9-15(10-4-1-2-5-10)13(16)8-11-6-3-7-18-11/h3,6-7,10H,1-2,4-5,8-9H2,(H2,14,17). The molecule has 1 aliphatic carbocycles. The first kappa shape index (κ1) is 13.5. The fourth-order valence-electron chi connectivity index (χ4n) is 2.47. The van der Waals surface area contributed by atoms with Crippen molar-refractivity contribution in [3.63, 3.8) is 0 Å². The van der Waals surface area contributed by atoms with Gasteiger partial charge in [0.05, 0.1) is 18.0 Å². The second kappa shape index (κ2) is 6.29. The molecule has 1 heterocycles. The third kappa shape index (κ3) is 3.53. The molecule has 5 heteroatoms. The molecule has 3 nitrogen and oxygen atoms in total. The molecule has 1 amide bonds. The van der Waals surface area contributed by atoms with Gasteiger partial charge in [-0.05, 0) is 24.3 Å². The van der Waals surface area contributed by atoms with Crippen molar-refractivity contribution < 1.29 is 4.79 Å². The molecule has 1 aromatic rings. The van der Waals surface area contributed by atoms with Crippen LogP contribution in [0.2, 0.25) is 0 Å².